The van der Waals surface area contributed by atoms with Gasteiger partial charge in [-0.05, 0) is 39.2 Å². The van der Waals surface area contributed by atoms with Crippen molar-refractivity contribution in [3.05, 3.63) is 0 Å². The van der Waals surface area contributed by atoms with Gasteiger partial charge in [0, 0.05) is 18.6 Å². The Morgan fingerprint density at radius 2 is 1.94 bits per heavy atom. The van der Waals surface area contributed by atoms with E-state index in [1.807, 2.05) is 6.92 Å². The Balaban J connectivity index is 1.79. The Kier molecular flexibility index (Phi) is 5.01. The van der Waals surface area contributed by atoms with E-state index in [4.69, 9.17) is 5.73 Å². The van der Waals surface area contributed by atoms with Crippen molar-refractivity contribution >= 4 is 5.91 Å². The van der Waals surface area contributed by atoms with Gasteiger partial charge < -0.3 is 11.1 Å². The number of hydrogen-bond acceptors (Lipinski definition) is 3. The highest BCUT2D eigenvalue weighted by Crippen LogP contribution is 2.18. The van der Waals surface area contributed by atoms with Crippen LogP contribution >= 0.6 is 0 Å². The second-order valence-corrected chi connectivity index (χ2v) is 5.92. The number of amides is 1. The number of nitrogens with two attached hydrogens (primary N) is 1. The highest BCUT2D eigenvalue weighted by atomic mass is 16.2. The lowest BCUT2D eigenvalue weighted by Crippen LogP contribution is -2.53. The lowest BCUT2D eigenvalue weighted by atomic mass is 9.95. The summed E-state index contributed by atoms with van der Waals surface area (Å²) in [6.45, 7) is 3.88. The zero-order valence-electron chi connectivity index (χ0n) is 11.5. The fourth-order valence-corrected chi connectivity index (χ4v) is 3.13. The van der Waals surface area contributed by atoms with Crippen LogP contribution in [0.4, 0.5) is 0 Å². The van der Waals surface area contributed by atoms with Crippen LogP contribution in [0.15, 0.2) is 0 Å². The molecule has 0 bridgehead atoms. The fraction of sp³-hybridized carbons (Fsp3) is 0.929. The molecule has 2 atom stereocenters. The normalized spacial score (nSPS) is 28.9. The highest BCUT2D eigenvalue weighted by Gasteiger charge is 2.27. The molecule has 3 N–H and O–H groups in total. The zero-order valence-corrected chi connectivity index (χ0v) is 11.5. The minimum atomic E-state index is -0.0294. The first-order valence-electron chi connectivity index (χ1n) is 7.47. The fourth-order valence-electron chi connectivity index (χ4n) is 3.13. The molecule has 1 amide bonds. The molecule has 1 aliphatic heterocycles. The Hall–Kier alpha value is -0.610. The molecule has 0 spiro atoms. The van der Waals surface area contributed by atoms with Crippen LogP contribution in [0.25, 0.3) is 0 Å². The van der Waals surface area contributed by atoms with E-state index in [9.17, 15) is 4.79 Å². The largest absolute Gasteiger partial charge is 0.352 e. The van der Waals surface area contributed by atoms with Crippen molar-refractivity contribution in [2.45, 2.75) is 70.0 Å². The quantitative estimate of drug-likeness (QED) is 0.796. The van der Waals surface area contributed by atoms with Crippen molar-refractivity contribution in [1.82, 2.24) is 10.2 Å². The van der Waals surface area contributed by atoms with Gasteiger partial charge in [-0.15, -0.1) is 0 Å². The van der Waals surface area contributed by atoms with E-state index < -0.39 is 0 Å². The number of nitrogens with one attached hydrogen (secondary N) is 1. The van der Waals surface area contributed by atoms with Gasteiger partial charge in [-0.3, -0.25) is 9.69 Å². The maximum atomic E-state index is 12.2. The summed E-state index contributed by atoms with van der Waals surface area (Å²) in [5.74, 6) is 0.191. The molecule has 1 saturated carbocycles. The zero-order chi connectivity index (χ0) is 13.0. The average molecular weight is 253 g/mol. The standard InChI is InChI=1S/C14H27N3O/c1-11(17-9-5-6-12(15)10-17)14(18)16-13-7-3-2-4-8-13/h11-13H,2-10,15H2,1H3,(H,16,18). The summed E-state index contributed by atoms with van der Waals surface area (Å²) in [6, 6.07) is 0.620. The first kappa shape index (κ1) is 13.8. The molecule has 4 nitrogen and oxygen atoms in total. The lowest BCUT2D eigenvalue weighted by Gasteiger charge is -2.35. The summed E-state index contributed by atoms with van der Waals surface area (Å²) in [5, 5.41) is 3.21. The van der Waals surface area contributed by atoms with Crippen molar-refractivity contribution in [3.63, 3.8) is 0 Å². The van der Waals surface area contributed by atoms with E-state index in [1.165, 1.54) is 19.3 Å². The Labute approximate surface area is 110 Å². The van der Waals surface area contributed by atoms with Gasteiger partial charge in [0.25, 0.3) is 0 Å². The second kappa shape index (κ2) is 6.53. The smallest absolute Gasteiger partial charge is 0.237 e. The van der Waals surface area contributed by atoms with Crippen molar-refractivity contribution in [1.29, 1.82) is 0 Å². The predicted molar refractivity (Wildman–Crippen MR) is 73.3 cm³/mol. The molecule has 4 heteroatoms. The average Bonchev–Trinajstić information content (AvgIpc) is 2.39. The molecule has 1 saturated heterocycles. The Morgan fingerprint density at radius 1 is 1.22 bits per heavy atom. The number of likely N-dealkylation sites (tertiary alicyclic amines) is 1. The maximum absolute atomic E-state index is 12.2. The molecular weight excluding hydrogens is 226 g/mol. The molecule has 104 valence electrons. The molecule has 1 heterocycles. The van der Waals surface area contributed by atoms with Crippen LogP contribution in [0.1, 0.15) is 51.9 Å². The molecular formula is C14H27N3O. The molecule has 0 aromatic rings. The first-order valence-corrected chi connectivity index (χ1v) is 7.47. The van der Waals surface area contributed by atoms with Gasteiger partial charge in [-0.2, -0.15) is 0 Å². The van der Waals surface area contributed by atoms with Crippen molar-refractivity contribution in [2.24, 2.45) is 5.73 Å². The summed E-state index contributed by atoms with van der Waals surface area (Å²) in [6.07, 6.45) is 8.34. The topological polar surface area (TPSA) is 58.4 Å². The Bertz CT molecular complexity index is 276. The molecule has 2 fully saturated rings. The van der Waals surface area contributed by atoms with Crippen LogP contribution in [0, 0.1) is 0 Å². The van der Waals surface area contributed by atoms with Gasteiger partial charge in [-0.25, -0.2) is 0 Å². The van der Waals surface area contributed by atoms with E-state index >= 15 is 0 Å². The van der Waals surface area contributed by atoms with E-state index in [1.54, 1.807) is 0 Å². The molecule has 18 heavy (non-hydrogen) atoms. The molecule has 2 unspecified atom stereocenters. The van der Waals surface area contributed by atoms with E-state index in [2.05, 4.69) is 10.2 Å². The lowest BCUT2D eigenvalue weighted by molar-refractivity contribution is -0.127. The van der Waals surface area contributed by atoms with E-state index in [-0.39, 0.29) is 18.0 Å². The maximum Gasteiger partial charge on any atom is 0.237 e. The van der Waals surface area contributed by atoms with Gasteiger partial charge >= 0.3 is 0 Å². The van der Waals surface area contributed by atoms with Gasteiger partial charge in [0.05, 0.1) is 6.04 Å². The van der Waals surface area contributed by atoms with Crippen LogP contribution in [-0.4, -0.2) is 42.0 Å². The number of hydrogen-bond donors (Lipinski definition) is 2. The van der Waals surface area contributed by atoms with Crippen LogP contribution in [-0.2, 0) is 4.79 Å². The third-order valence-electron chi connectivity index (χ3n) is 4.37. The van der Waals surface area contributed by atoms with Crippen LogP contribution in [0.5, 0.6) is 0 Å². The first-order chi connectivity index (χ1) is 8.66. The van der Waals surface area contributed by atoms with Crippen molar-refractivity contribution in [2.75, 3.05) is 13.1 Å². The van der Waals surface area contributed by atoms with E-state index in [0.717, 1.165) is 38.8 Å². The third-order valence-corrected chi connectivity index (χ3v) is 4.37. The molecule has 2 rings (SSSR count). The van der Waals surface area contributed by atoms with E-state index in [0.29, 0.717) is 6.04 Å². The molecule has 1 aliphatic carbocycles. The van der Waals surface area contributed by atoms with Crippen LogP contribution in [0.3, 0.4) is 0 Å². The van der Waals surface area contributed by atoms with Gasteiger partial charge in [0.2, 0.25) is 5.91 Å². The Morgan fingerprint density at radius 3 is 2.61 bits per heavy atom. The number of carbonyl (C=O) groups is 1. The second-order valence-electron chi connectivity index (χ2n) is 5.92. The number of carbonyl (C=O) groups excluding carboxylic acids is 1. The van der Waals surface area contributed by atoms with Gasteiger partial charge in [0.15, 0.2) is 0 Å². The minimum Gasteiger partial charge on any atom is -0.352 e. The SMILES string of the molecule is CC(C(=O)NC1CCCCC1)N1CCCC(N)C1. The summed E-state index contributed by atoms with van der Waals surface area (Å²) in [5.41, 5.74) is 5.97. The summed E-state index contributed by atoms with van der Waals surface area (Å²) in [4.78, 5) is 14.5. The van der Waals surface area contributed by atoms with Gasteiger partial charge in [0.1, 0.15) is 0 Å². The molecule has 0 aromatic carbocycles. The minimum absolute atomic E-state index is 0.0294. The summed E-state index contributed by atoms with van der Waals surface area (Å²) >= 11 is 0. The summed E-state index contributed by atoms with van der Waals surface area (Å²) in [7, 11) is 0. The third kappa shape index (κ3) is 3.69. The number of nitrogens with zero attached hydrogens (tertiary/aromatic N) is 1. The van der Waals surface area contributed by atoms with Crippen molar-refractivity contribution in [3.8, 4) is 0 Å². The molecule has 0 aromatic heterocycles. The monoisotopic (exact) mass is 253 g/mol. The predicted octanol–water partition coefficient (Wildman–Crippen LogP) is 1.25. The highest BCUT2D eigenvalue weighted by molar-refractivity contribution is 5.81. The van der Waals surface area contributed by atoms with Crippen molar-refractivity contribution < 1.29 is 4.79 Å². The van der Waals surface area contributed by atoms with Crippen LogP contribution < -0.4 is 11.1 Å². The summed E-state index contributed by atoms with van der Waals surface area (Å²) < 4.78 is 0. The molecule has 2 aliphatic rings. The molecule has 0 radical (unpaired) electrons. The number of rotatable bonds is 3. The van der Waals surface area contributed by atoms with Crippen LogP contribution in [0.2, 0.25) is 0 Å². The number of piperidine rings is 1. The van der Waals surface area contributed by atoms with Gasteiger partial charge in [-0.1, -0.05) is 19.3 Å².